The molecule has 1 nitrogen and oxygen atoms in total. The van der Waals surface area contributed by atoms with Gasteiger partial charge in [-0.05, 0) is 52.8 Å². The molecule has 2 aromatic rings. The Labute approximate surface area is 136 Å². The number of aryl methyl sites for hydroxylation is 1. The largest absolute Gasteiger partial charge is 0.392 e. The van der Waals surface area contributed by atoms with Gasteiger partial charge in [0, 0.05) is 16.5 Å². The molecule has 3 heteroatoms. The topological polar surface area (TPSA) is 20.2 Å². The molecule has 0 radical (unpaired) electrons. The molecule has 112 valence electrons. The smallest absolute Gasteiger partial charge is 0.0682 e. The van der Waals surface area contributed by atoms with Gasteiger partial charge in [-0.2, -0.15) is 0 Å². The summed E-state index contributed by atoms with van der Waals surface area (Å²) in [6.07, 6.45) is 0.698. The molecular formula is C18H20Cl2O. The van der Waals surface area contributed by atoms with Gasteiger partial charge in [0.2, 0.25) is 0 Å². The molecule has 2 rings (SSSR count). The summed E-state index contributed by atoms with van der Waals surface area (Å²) >= 11 is 12.6. The summed E-state index contributed by atoms with van der Waals surface area (Å²) < 4.78 is 0. The lowest BCUT2D eigenvalue weighted by Crippen LogP contribution is -1.98. The molecule has 0 spiro atoms. The molecular weight excluding hydrogens is 303 g/mol. The SMILES string of the molecule is Cc1ccc(Cc2c(Cl)cc(CO)cc2Cl)cc1C(C)C. The number of hydrogen-bond donors (Lipinski definition) is 1. The van der Waals surface area contributed by atoms with Crippen molar-refractivity contribution >= 4 is 23.2 Å². The normalized spacial score (nSPS) is 11.2. The van der Waals surface area contributed by atoms with Gasteiger partial charge in [-0.3, -0.25) is 0 Å². The van der Waals surface area contributed by atoms with Crippen molar-refractivity contribution in [2.75, 3.05) is 0 Å². The molecule has 0 amide bonds. The summed E-state index contributed by atoms with van der Waals surface area (Å²) in [5.41, 5.74) is 5.51. The van der Waals surface area contributed by atoms with Gasteiger partial charge in [0.05, 0.1) is 6.61 Å². The summed E-state index contributed by atoms with van der Waals surface area (Å²) in [5.74, 6) is 0.493. The van der Waals surface area contributed by atoms with Gasteiger partial charge in [-0.1, -0.05) is 55.2 Å². The van der Waals surface area contributed by atoms with Crippen LogP contribution in [0, 0.1) is 6.92 Å². The Morgan fingerprint density at radius 3 is 2.14 bits per heavy atom. The zero-order valence-corrected chi connectivity index (χ0v) is 14.1. The van der Waals surface area contributed by atoms with Gasteiger partial charge in [0.1, 0.15) is 0 Å². The number of rotatable bonds is 4. The molecule has 0 aliphatic heterocycles. The highest BCUT2D eigenvalue weighted by Crippen LogP contribution is 2.30. The van der Waals surface area contributed by atoms with E-state index in [-0.39, 0.29) is 6.61 Å². The molecule has 2 aromatic carbocycles. The lowest BCUT2D eigenvalue weighted by Gasteiger charge is -2.14. The van der Waals surface area contributed by atoms with Gasteiger partial charge < -0.3 is 5.11 Å². The second kappa shape index (κ2) is 6.83. The second-order valence-corrected chi connectivity index (χ2v) is 6.53. The molecule has 0 saturated heterocycles. The fourth-order valence-electron chi connectivity index (χ4n) is 2.54. The first kappa shape index (κ1) is 16.4. The number of hydrogen-bond acceptors (Lipinski definition) is 1. The Kier molecular flexibility index (Phi) is 5.32. The van der Waals surface area contributed by atoms with Crippen molar-refractivity contribution in [3.63, 3.8) is 0 Å². The highest BCUT2D eigenvalue weighted by Gasteiger charge is 2.11. The molecule has 0 fully saturated rings. The Morgan fingerprint density at radius 2 is 1.62 bits per heavy atom. The average molecular weight is 323 g/mol. The lowest BCUT2D eigenvalue weighted by atomic mass is 9.93. The van der Waals surface area contributed by atoms with E-state index in [2.05, 4.69) is 39.0 Å². The van der Waals surface area contributed by atoms with Crippen LogP contribution in [-0.4, -0.2) is 5.11 Å². The van der Waals surface area contributed by atoms with Crippen LogP contribution in [0.3, 0.4) is 0 Å². The molecule has 0 aromatic heterocycles. The minimum absolute atomic E-state index is 0.0538. The van der Waals surface area contributed by atoms with E-state index in [9.17, 15) is 5.11 Å². The molecule has 0 bridgehead atoms. The maximum Gasteiger partial charge on any atom is 0.0682 e. The zero-order valence-electron chi connectivity index (χ0n) is 12.6. The predicted molar refractivity (Wildman–Crippen MR) is 90.5 cm³/mol. The summed E-state index contributed by atoms with van der Waals surface area (Å²) in [5, 5.41) is 10.4. The fraction of sp³-hybridized carbons (Fsp3) is 0.333. The van der Waals surface area contributed by atoms with Crippen LogP contribution < -0.4 is 0 Å². The zero-order chi connectivity index (χ0) is 15.6. The van der Waals surface area contributed by atoms with E-state index in [1.165, 1.54) is 16.7 Å². The van der Waals surface area contributed by atoms with E-state index in [1.807, 2.05) is 0 Å². The molecule has 0 unspecified atom stereocenters. The third kappa shape index (κ3) is 3.79. The molecule has 0 aliphatic carbocycles. The van der Waals surface area contributed by atoms with E-state index in [4.69, 9.17) is 23.2 Å². The molecule has 0 heterocycles. The van der Waals surface area contributed by atoms with E-state index >= 15 is 0 Å². The van der Waals surface area contributed by atoms with Crippen molar-refractivity contribution in [1.29, 1.82) is 0 Å². The maximum absolute atomic E-state index is 9.18. The van der Waals surface area contributed by atoms with E-state index < -0.39 is 0 Å². The molecule has 21 heavy (non-hydrogen) atoms. The van der Waals surface area contributed by atoms with Crippen molar-refractivity contribution < 1.29 is 5.11 Å². The van der Waals surface area contributed by atoms with Gasteiger partial charge in [-0.15, -0.1) is 0 Å². The quantitative estimate of drug-likeness (QED) is 0.787. The summed E-state index contributed by atoms with van der Waals surface area (Å²) in [7, 11) is 0. The van der Waals surface area contributed by atoms with Crippen LogP contribution in [0.15, 0.2) is 30.3 Å². The van der Waals surface area contributed by atoms with Crippen molar-refractivity contribution in [1.82, 2.24) is 0 Å². The van der Waals surface area contributed by atoms with E-state index in [0.717, 1.165) is 11.1 Å². The maximum atomic E-state index is 9.18. The Balaban J connectivity index is 2.37. The van der Waals surface area contributed by atoms with Crippen molar-refractivity contribution in [2.24, 2.45) is 0 Å². The van der Waals surface area contributed by atoms with E-state index in [0.29, 0.717) is 22.4 Å². The highest BCUT2D eigenvalue weighted by atomic mass is 35.5. The molecule has 1 N–H and O–H groups in total. The first-order valence-electron chi connectivity index (χ1n) is 7.09. The third-order valence-electron chi connectivity index (χ3n) is 3.73. The number of benzene rings is 2. The molecule has 0 aliphatic rings. The first-order valence-corrected chi connectivity index (χ1v) is 7.85. The average Bonchev–Trinajstić information content (AvgIpc) is 2.43. The predicted octanol–water partition coefficient (Wildman–Crippen LogP) is 5.51. The second-order valence-electron chi connectivity index (χ2n) is 5.72. The summed E-state index contributed by atoms with van der Waals surface area (Å²) in [6.45, 7) is 6.47. The third-order valence-corrected chi connectivity index (χ3v) is 4.40. The lowest BCUT2D eigenvalue weighted by molar-refractivity contribution is 0.282. The van der Waals surface area contributed by atoms with Crippen LogP contribution >= 0.6 is 23.2 Å². The monoisotopic (exact) mass is 322 g/mol. The van der Waals surface area contributed by atoms with Crippen LogP contribution in [0.2, 0.25) is 10.0 Å². The van der Waals surface area contributed by atoms with Gasteiger partial charge >= 0.3 is 0 Å². The van der Waals surface area contributed by atoms with Crippen LogP contribution in [0.1, 0.15) is 47.6 Å². The number of aliphatic hydroxyl groups is 1. The van der Waals surface area contributed by atoms with Crippen molar-refractivity contribution in [3.05, 3.63) is 68.2 Å². The summed E-state index contributed by atoms with van der Waals surface area (Å²) in [6, 6.07) is 10.1. The van der Waals surface area contributed by atoms with Gasteiger partial charge in [-0.25, -0.2) is 0 Å². The molecule has 0 atom stereocenters. The minimum Gasteiger partial charge on any atom is -0.392 e. The minimum atomic E-state index is -0.0538. The standard InChI is InChI=1S/C18H20Cl2O/c1-11(2)15-6-13(5-4-12(15)3)7-16-17(19)8-14(10-21)9-18(16)20/h4-6,8-9,11,21H,7,10H2,1-3H3. The number of halogens is 2. The van der Waals surface area contributed by atoms with Crippen LogP contribution in [0.5, 0.6) is 0 Å². The Morgan fingerprint density at radius 1 is 1.00 bits per heavy atom. The van der Waals surface area contributed by atoms with Crippen LogP contribution in [0.25, 0.3) is 0 Å². The van der Waals surface area contributed by atoms with E-state index in [1.54, 1.807) is 12.1 Å². The van der Waals surface area contributed by atoms with Crippen molar-refractivity contribution in [3.8, 4) is 0 Å². The Bertz CT molecular complexity index is 625. The van der Waals surface area contributed by atoms with Gasteiger partial charge in [0.25, 0.3) is 0 Å². The van der Waals surface area contributed by atoms with Gasteiger partial charge in [0.15, 0.2) is 0 Å². The molecule has 0 saturated carbocycles. The first-order chi connectivity index (χ1) is 9.92. The number of aliphatic hydroxyl groups excluding tert-OH is 1. The highest BCUT2D eigenvalue weighted by molar-refractivity contribution is 6.36. The van der Waals surface area contributed by atoms with Crippen molar-refractivity contribution in [2.45, 2.75) is 39.7 Å². The fourth-order valence-corrected chi connectivity index (χ4v) is 3.21. The van der Waals surface area contributed by atoms with Crippen LogP contribution in [0.4, 0.5) is 0 Å². The van der Waals surface area contributed by atoms with Crippen LogP contribution in [-0.2, 0) is 13.0 Å². The summed E-state index contributed by atoms with van der Waals surface area (Å²) in [4.78, 5) is 0. The Hall–Kier alpha value is -1.02.